The van der Waals surface area contributed by atoms with Gasteiger partial charge in [-0.3, -0.25) is 0 Å². The number of ether oxygens (including phenoxy) is 1. The Hall–Kier alpha value is -1.48. The molecular weight excluding hydrogens is 188 g/mol. The molecule has 1 aromatic carbocycles. The fourth-order valence-electron chi connectivity index (χ4n) is 1.65. The second kappa shape index (κ2) is 3.95. The molecule has 0 saturated heterocycles. The van der Waals surface area contributed by atoms with Crippen molar-refractivity contribution >= 4 is 10.9 Å². The Morgan fingerprint density at radius 1 is 1.40 bits per heavy atom. The fourth-order valence-corrected chi connectivity index (χ4v) is 1.65. The number of methoxy groups -OCH3 is 1. The van der Waals surface area contributed by atoms with Gasteiger partial charge in [-0.15, -0.1) is 0 Å². The molecule has 80 valence electrons. The molecule has 0 fully saturated rings. The van der Waals surface area contributed by atoms with E-state index in [0.717, 1.165) is 11.3 Å². The maximum atomic E-state index is 5.64. The van der Waals surface area contributed by atoms with Crippen LogP contribution in [-0.2, 0) is 0 Å². The molecule has 1 unspecified atom stereocenters. The Labute approximate surface area is 89.2 Å². The van der Waals surface area contributed by atoms with E-state index < -0.39 is 0 Å². The van der Waals surface area contributed by atoms with E-state index >= 15 is 0 Å². The van der Waals surface area contributed by atoms with Gasteiger partial charge in [-0.25, -0.2) is 0 Å². The van der Waals surface area contributed by atoms with Crippen LogP contribution in [0.15, 0.2) is 24.3 Å². The topological polar surface area (TPSA) is 51.0 Å². The summed E-state index contributed by atoms with van der Waals surface area (Å²) in [5.41, 5.74) is 7.95. The lowest BCUT2D eigenvalue weighted by Gasteiger charge is -2.03. The third kappa shape index (κ3) is 1.83. The van der Waals surface area contributed by atoms with Crippen molar-refractivity contribution in [2.24, 2.45) is 5.73 Å². The highest BCUT2D eigenvalue weighted by Gasteiger charge is 2.07. The van der Waals surface area contributed by atoms with E-state index in [1.54, 1.807) is 7.11 Å². The standard InChI is InChI=1S/C12H16N2O/c1-8(7-13)12-6-9-5-10(15-2)3-4-11(9)14-12/h3-6,8,14H,7,13H2,1-2H3. The first kappa shape index (κ1) is 10.1. The quantitative estimate of drug-likeness (QED) is 0.805. The van der Waals surface area contributed by atoms with Crippen LogP contribution < -0.4 is 10.5 Å². The molecule has 1 heterocycles. The van der Waals surface area contributed by atoms with Crippen molar-refractivity contribution in [1.82, 2.24) is 4.98 Å². The van der Waals surface area contributed by atoms with E-state index in [-0.39, 0.29) is 0 Å². The molecule has 0 spiro atoms. The third-order valence-corrected chi connectivity index (χ3v) is 2.73. The van der Waals surface area contributed by atoms with Crippen LogP contribution in [0.25, 0.3) is 10.9 Å². The van der Waals surface area contributed by atoms with E-state index in [9.17, 15) is 0 Å². The number of benzene rings is 1. The molecule has 2 rings (SSSR count). The second-order valence-electron chi connectivity index (χ2n) is 3.81. The lowest BCUT2D eigenvalue weighted by atomic mass is 10.1. The van der Waals surface area contributed by atoms with Crippen LogP contribution in [0.1, 0.15) is 18.5 Å². The zero-order valence-corrected chi connectivity index (χ0v) is 9.08. The smallest absolute Gasteiger partial charge is 0.119 e. The Morgan fingerprint density at radius 2 is 2.20 bits per heavy atom. The predicted octanol–water partition coefficient (Wildman–Crippen LogP) is 2.24. The van der Waals surface area contributed by atoms with E-state index in [1.165, 1.54) is 11.1 Å². The molecule has 0 aliphatic carbocycles. The number of nitrogens with one attached hydrogen (secondary N) is 1. The second-order valence-corrected chi connectivity index (χ2v) is 3.81. The van der Waals surface area contributed by atoms with Gasteiger partial charge in [-0.1, -0.05) is 6.92 Å². The van der Waals surface area contributed by atoms with Crippen LogP contribution in [0.4, 0.5) is 0 Å². The van der Waals surface area contributed by atoms with Crippen LogP contribution in [0.2, 0.25) is 0 Å². The fraction of sp³-hybridized carbons (Fsp3) is 0.333. The van der Waals surface area contributed by atoms with E-state index in [4.69, 9.17) is 10.5 Å². The van der Waals surface area contributed by atoms with Gasteiger partial charge in [0.1, 0.15) is 5.75 Å². The minimum absolute atomic E-state index is 0.364. The Morgan fingerprint density at radius 3 is 2.87 bits per heavy atom. The van der Waals surface area contributed by atoms with Crippen LogP contribution in [0, 0.1) is 0 Å². The van der Waals surface area contributed by atoms with Gasteiger partial charge in [0.2, 0.25) is 0 Å². The summed E-state index contributed by atoms with van der Waals surface area (Å²) in [6.45, 7) is 2.77. The highest BCUT2D eigenvalue weighted by atomic mass is 16.5. The summed E-state index contributed by atoms with van der Waals surface area (Å²) in [6.07, 6.45) is 0. The van der Waals surface area contributed by atoms with Crippen LogP contribution in [0.5, 0.6) is 5.75 Å². The van der Waals surface area contributed by atoms with E-state index in [0.29, 0.717) is 12.5 Å². The number of H-pyrrole nitrogens is 1. The van der Waals surface area contributed by atoms with Crippen LogP contribution >= 0.6 is 0 Å². The lowest BCUT2D eigenvalue weighted by Crippen LogP contribution is -2.08. The predicted molar refractivity (Wildman–Crippen MR) is 62.3 cm³/mol. The first-order valence-corrected chi connectivity index (χ1v) is 5.11. The number of nitrogens with two attached hydrogens (primary N) is 1. The van der Waals surface area contributed by atoms with Gasteiger partial charge < -0.3 is 15.5 Å². The number of hydrogen-bond donors (Lipinski definition) is 2. The normalized spacial score (nSPS) is 13.0. The molecule has 3 heteroatoms. The number of aromatic nitrogens is 1. The van der Waals surface area contributed by atoms with Gasteiger partial charge in [0.15, 0.2) is 0 Å². The van der Waals surface area contributed by atoms with Crippen molar-refractivity contribution in [3.63, 3.8) is 0 Å². The molecule has 0 radical (unpaired) electrons. The first-order valence-electron chi connectivity index (χ1n) is 5.11. The molecular formula is C12H16N2O. The minimum Gasteiger partial charge on any atom is -0.497 e. The summed E-state index contributed by atoms with van der Waals surface area (Å²) in [7, 11) is 1.68. The van der Waals surface area contributed by atoms with Crippen LogP contribution in [-0.4, -0.2) is 18.6 Å². The maximum absolute atomic E-state index is 5.64. The van der Waals surface area contributed by atoms with Crippen molar-refractivity contribution in [3.8, 4) is 5.75 Å². The molecule has 0 aliphatic heterocycles. The maximum Gasteiger partial charge on any atom is 0.119 e. The van der Waals surface area contributed by atoms with Gasteiger partial charge >= 0.3 is 0 Å². The number of rotatable bonds is 3. The first-order chi connectivity index (χ1) is 7.24. The molecule has 1 atom stereocenters. The van der Waals surface area contributed by atoms with E-state index in [1.807, 2.05) is 18.2 Å². The van der Waals surface area contributed by atoms with Crippen molar-refractivity contribution in [2.45, 2.75) is 12.8 Å². The zero-order chi connectivity index (χ0) is 10.8. The summed E-state index contributed by atoms with van der Waals surface area (Å²) < 4.78 is 5.18. The molecule has 0 saturated carbocycles. The SMILES string of the molecule is COc1ccc2[nH]c(C(C)CN)cc2c1. The van der Waals surface area contributed by atoms with Gasteiger partial charge in [0, 0.05) is 29.1 Å². The largest absolute Gasteiger partial charge is 0.497 e. The molecule has 2 aromatic rings. The molecule has 3 N–H and O–H groups in total. The van der Waals surface area contributed by atoms with Gasteiger partial charge in [-0.2, -0.15) is 0 Å². The number of fused-ring (bicyclic) bond motifs is 1. The molecule has 0 aliphatic rings. The lowest BCUT2D eigenvalue weighted by molar-refractivity contribution is 0.415. The summed E-state index contributed by atoms with van der Waals surface area (Å²) in [4.78, 5) is 3.36. The zero-order valence-electron chi connectivity index (χ0n) is 9.08. The minimum atomic E-state index is 0.364. The Kier molecular flexibility index (Phi) is 2.64. The number of aromatic amines is 1. The highest BCUT2D eigenvalue weighted by Crippen LogP contribution is 2.24. The Bertz CT molecular complexity index is 462. The molecule has 3 nitrogen and oxygen atoms in total. The Balaban J connectivity index is 2.46. The van der Waals surface area contributed by atoms with Crippen molar-refractivity contribution in [2.75, 3.05) is 13.7 Å². The summed E-state index contributed by atoms with van der Waals surface area (Å²) >= 11 is 0. The van der Waals surface area contributed by atoms with Crippen LogP contribution in [0.3, 0.4) is 0 Å². The van der Waals surface area contributed by atoms with Gasteiger partial charge in [-0.05, 0) is 24.3 Å². The summed E-state index contributed by atoms with van der Waals surface area (Å²) in [6, 6.07) is 8.14. The monoisotopic (exact) mass is 204 g/mol. The molecule has 0 bridgehead atoms. The molecule has 0 amide bonds. The van der Waals surface area contributed by atoms with Crippen molar-refractivity contribution in [1.29, 1.82) is 0 Å². The number of hydrogen-bond acceptors (Lipinski definition) is 2. The average molecular weight is 204 g/mol. The summed E-state index contributed by atoms with van der Waals surface area (Å²) in [5.74, 6) is 1.25. The molecule has 1 aromatic heterocycles. The van der Waals surface area contributed by atoms with Crippen molar-refractivity contribution < 1.29 is 4.74 Å². The summed E-state index contributed by atoms with van der Waals surface area (Å²) in [5, 5.41) is 1.17. The molecule has 15 heavy (non-hydrogen) atoms. The van der Waals surface area contributed by atoms with E-state index in [2.05, 4.69) is 18.0 Å². The van der Waals surface area contributed by atoms with Crippen molar-refractivity contribution in [3.05, 3.63) is 30.0 Å². The average Bonchev–Trinajstić information content (AvgIpc) is 2.70. The van der Waals surface area contributed by atoms with Gasteiger partial charge in [0.05, 0.1) is 7.11 Å². The van der Waals surface area contributed by atoms with Gasteiger partial charge in [0.25, 0.3) is 0 Å². The highest BCUT2D eigenvalue weighted by molar-refractivity contribution is 5.82. The third-order valence-electron chi connectivity index (χ3n) is 2.73.